The van der Waals surface area contributed by atoms with Crippen LogP contribution in [0.2, 0.25) is 0 Å². The number of allylic oxidation sites excluding steroid dienone is 1. The number of thiophene rings is 1. The van der Waals surface area contributed by atoms with Gasteiger partial charge < -0.3 is 10.1 Å². The molecule has 0 spiro atoms. The van der Waals surface area contributed by atoms with Gasteiger partial charge in [-0.25, -0.2) is 0 Å². The number of carbonyl (C=O) groups excluding carboxylic acids is 2. The minimum Gasteiger partial charge on any atom is -0.468 e. The number of nitriles is 1. The summed E-state index contributed by atoms with van der Waals surface area (Å²) in [6.07, 6.45) is 0.256. The second-order valence-corrected chi connectivity index (χ2v) is 6.43. The highest BCUT2D eigenvalue weighted by molar-refractivity contribution is 8.03. The lowest BCUT2D eigenvalue weighted by molar-refractivity contribution is -0.137. The zero-order valence-electron chi connectivity index (χ0n) is 11.6. The molecule has 0 fully saturated rings. The van der Waals surface area contributed by atoms with E-state index >= 15 is 0 Å². The number of aryl methyl sites for hydroxylation is 1. The second-order valence-electron chi connectivity index (χ2n) is 4.49. The molecule has 0 bridgehead atoms. The Bertz CT molecular complexity index is 643. The third-order valence-electron chi connectivity index (χ3n) is 3.14. The highest BCUT2D eigenvalue weighted by atomic mass is 32.2. The summed E-state index contributed by atoms with van der Waals surface area (Å²) in [5, 5.41) is 14.5. The molecule has 0 radical (unpaired) electrons. The predicted molar refractivity (Wildman–Crippen MR) is 81.7 cm³/mol. The summed E-state index contributed by atoms with van der Waals surface area (Å²) in [7, 11) is 1.31. The lowest BCUT2D eigenvalue weighted by Gasteiger charge is -2.24. The number of thioether (sulfide) groups is 1. The van der Waals surface area contributed by atoms with Crippen molar-refractivity contribution < 1.29 is 14.3 Å². The zero-order chi connectivity index (χ0) is 15.4. The first kappa shape index (κ1) is 15.6. The Morgan fingerprint density at radius 1 is 1.67 bits per heavy atom. The minimum absolute atomic E-state index is 0.0629. The minimum atomic E-state index is -0.395. The number of nitrogens with zero attached hydrogens (tertiary/aromatic N) is 1. The van der Waals surface area contributed by atoms with Crippen LogP contribution < -0.4 is 5.32 Å². The Labute approximate surface area is 131 Å². The molecule has 0 aromatic carbocycles. The van der Waals surface area contributed by atoms with Crippen molar-refractivity contribution >= 4 is 35.0 Å². The first-order valence-corrected chi connectivity index (χ1v) is 8.11. The van der Waals surface area contributed by atoms with Crippen molar-refractivity contribution in [3.05, 3.63) is 32.5 Å². The van der Waals surface area contributed by atoms with Crippen molar-refractivity contribution in [2.45, 2.75) is 19.3 Å². The van der Waals surface area contributed by atoms with Gasteiger partial charge >= 0.3 is 5.97 Å². The molecule has 21 heavy (non-hydrogen) atoms. The summed E-state index contributed by atoms with van der Waals surface area (Å²) >= 11 is 2.67. The topological polar surface area (TPSA) is 79.2 Å². The van der Waals surface area contributed by atoms with Gasteiger partial charge in [-0.15, -0.1) is 11.3 Å². The molecule has 1 atom stereocenters. The number of methoxy groups -OCH3 is 1. The molecule has 1 aliphatic heterocycles. The molecule has 0 saturated carbocycles. The molecule has 5 nitrogen and oxygen atoms in total. The lowest BCUT2D eigenvalue weighted by Crippen LogP contribution is -2.31. The molecule has 0 unspecified atom stereocenters. The molecule has 1 aromatic rings. The van der Waals surface area contributed by atoms with E-state index in [2.05, 4.69) is 16.1 Å². The van der Waals surface area contributed by atoms with Gasteiger partial charge in [0.25, 0.3) is 0 Å². The van der Waals surface area contributed by atoms with Crippen LogP contribution in [0.15, 0.2) is 22.0 Å². The molecule has 1 aromatic heterocycles. The van der Waals surface area contributed by atoms with Crippen molar-refractivity contribution in [1.82, 2.24) is 5.32 Å². The predicted octanol–water partition coefficient (Wildman–Crippen LogP) is 2.30. The third-order valence-corrected chi connectivity index (χ3v) is 5.26. The quantitative estimate of drug-likeness (QED) is 0.861. The summed E-state index contributed by atoms with van der Waals surface area (Å²) in [5.41, 5.74) is 1.58. The SMILES string of the molecule is COC(=O)CSC1=C(C#N)[C@@H](c2sccc2C)CC(=O)N1. The maximum absolute atomic E-state index is 11.9. The number of hydrogen-bond donors (Lipinski definition) is 1. The van der Waals surface area contributed by atoms with Gasteiger partial charge in [-0.1, -0.05) is 11.8 Å². The molecule has 0 saturated heterocycles. The summed E-state index contributed by atoms with van der Waals surface area (Å²) in [5.74, 6) is -0.704. The van der Waals surface area contributed by atoms with Crippen LogP contribution in [-0.2, 0) is 14.3 Å². The van der Waals surface area contributed by atoms with E-state index in [1.54, 1.807) is 11.3 Å². The largest absolute Gasteiger partial charge is 0.468 e. The fourth-order valence-electron chi connectivity index (χ4n) is 2.09. The smallest absolute Gasteiger partial charge is 0.316 e. The summed E-state index contributed by atoms with van der Waals surface area (Å²) in [6, 6.07) is 4.16. The van der Waals surface area contributed by atoms with Crippen LogP contribution in [0.25, 0.3) is 0 Å². The van der Waals surface area contributed by atoms with Crippen LogP contribution >= 0.6 is 23.1 Å². The van der Waals surface area contributed by atoms with Gasteiger partial charge in [0.1, 0.15) is 0 Å². The van der Waals surface area contributed by atoms with Crippen molar-refractivity contribution in [1.29, 1.82) is 5.26 Å². The van der Waals surface area contributed by atoms with E-state index in [9.17, 15) is 14.9 Å². The number of carbonyl (C=O) groups is 2. The number of amides is 1. The van der Waals surface area contributed by atoms with Gasteiger partial charge in [0, 0.05) is 17.2 Å². The first-order chi connectivity index (χ1) is 10.1. The third kappa shape index (κ3) is 3.46. The molecule has 7 heteroatoms. The van der Waals surface area contributed by atoms with Crippen LogP contribution in [0.3, 0.4) is 0 Å². The van der Waals surface area contributed by atoms with E-state index < -0.39 is 5.97 Å². The molecule has 1 amide bonds. The standard InChI is InChI=1S/C14H14N2O3S2/c1-8-3-4-20-13(8)9-5-11(17)16-14(10(9)6-15)21-7-12(18)19-2/h3-4,9H,5,7H2,1-2H3,(H,16,17)/t9-/m0/s1. The first-order valence-electron chi connectivity index (χ1n) is 6.24. The summed E-state index contributed by atoms with van der Waals surface area (Å²) in [4.78, 5) is 24.1. The molecule has 1 N–H and O–H groups in total. The Kier molecular flexibility index (Phi) is 5.04. The molecule has 110 valence electrons. The van der Waals surface area contributed by atoms with Crippen molar-refractivity contribution in [3.8, 4) is 6.07 Å². The maximum atomic E-state index is 11.9. The van der Waals surface area contributed by atoms with Crippen molar-refractivity contribution in [2.24, 2.45) is 0 Å². The molecule has 2 rings (SSSR count). The number of hydrogen-bond acceptors (Lipinski definition) is 6. The number of ether oxygens (including phenoxy) is 1. The van der Waals surface area contributed by atoms with Crippen LogP contribution in [0.4, 0.5) is 0 Å². The van der Waals surface area contributed by atoms with Crippen molar-refractivity contribution in [2.75, 3.05) is 12.9 Å². The number of esters is 1. The van der Waals surface area contributed by atoms with E-state index in [4.69, 9.17) is 0 Å². The van der Waals surface area contributed by atoms with E-state index in [1.165, 1.54) is 7.11 Å². The molecular formula is C14H14N2O3S2. The summed E-state index contributed by atoms with van der Waals surface area (Å²) < 4.78 is 4.58. The fraction of sp³-hybridized carbons (Fsp3) is 0.357. The second kappa shape index (κ2) is 6.78. The van der Waals surface area contributed by atoms with Crippen molar-refractivity contribution in [3.63, 3.8) is 0 Å². The highest BCUT2D eigenvalue weighted by Crippen LogP contribution is 2.39. The van der Waals surface area contributed by atoms with Crippen LogP contribution in [0.5, 0.6) is 0 Å². The van der Waals surface area contributed by atoms with Gasteiger partial charge in [0.15, 0.2) is 0 Å². The Morgan fingerprint density at radius 3 is 3.00 bits per heavy atom. The van der Waals surface area contributed by atoms with Gasteiger partial charge in [0.2, 0.25) is 5.91 Å². The Balaban J connectivity index is 2.33. The van der Waals surface area contributed by atoms with Gasteiger partial charge in [-0.3, -0.25) is 9.59 Å². The lowest BCUT2D eigenvalue weighted by atomic mass is 9.91. The van der Waals surface area contributed by atoms with Crippen LogP contribution in [0.1, 0.15) is 22.8 Å². The monoisotopic (exact) mass is 322 g/mol. The number of rotatable bonds is 4. The van der Waals surface area contributed by atoms with Crippen LogP contribution in [-0.4, -0.2) is 24.7 Å². The van der Waals surface area contributed by atoms with E-state index in [0.717, 1.165) is 22.2 Å². The van der Waals surface area contributed by atoms with Crippen LogP contribution in [0, 0.1) is 18.3 Å². The molecule has 1 aliphatic rings. The molecule has 0 aliphatic carbocycles. The van der Waals surface area contributed by atoms with E-state index in [0.29, 0.717) is 10.6 Å². The van der Waals surface area contributed by atoms with E-state index in [1.807, 2.05) is 18.4 Å². The van der Waals surface area contributed by atoms with E-state index in [-0.39, 0.29) is 24.0 Å². The van der Waals surface area contributed by atoms with Gasteiger partial charge in [-0.2, -0.15) is 5.26 Å². The highest BCUT2D eigenvalue weighted by Gasteiger charge is 2.31. The molecular weight excluding hydrogens is 308 g/mol. The van der Waals surface area contributed by atoms with Gasteiger partial charge in [0.05, 0.1) is 29.5 Å². The van der Waals surface area contributed by atoms with Gasteiger partial charge in [-0.05, 0) is 23.9 Å². The average molecular weight is 322 g/mol. The Hall–Kier alpha value is -1.78. The fourth-order valence-corrected chi connectivity index (χ4v) is 4.04. The normalized spacial score (nSPS) is 18.1. The zero-order valence-corrected chi connectivity index (χ0v) is 13.3. The molecule has 2 heterocycles. The Morgan fingerprint density at radius 2 is 2.43 bits per heavy atom. The maximum Gasteiger partial charge on any atom is 0.316 e. The number of nitrogens with one attached hydrogen (secondary N) is 1. The average Bonchev–Trinajstić information content (AvgIpc) is 2.90. The summed E-state index contributed by atoms with van der Waals surface area (Å²) in [6.45, 7) is 1.97.